The van der Waals surface area contributed by atoms with Crippen LogP contribution in [-0.2, 0) is 0 Å². The molecule has 3 aromatic heterocycles. The van der Waals surface area contributed by atoms with E-state index in [9.17, 15) is 9.59 Å². The average Bonchev–Trinajstić information content (AvgIpc) is 3.06. The zero-order valence-corrected chi connectivity index (χ0v) is 9.46. The van der Waals surface area contributed by atoms with Crippen molar-refractivity contribution in [2.75, 3.05) is 0 Å². The number of aromatic nitrogens is 5. The molecule has 3 aromatic rings. The zero-order chi connectivity index (χ0) is 13.4. The van der Waals surface area contributed by atoms with Gasteiger partial charge in [0.05, 0.1) is 24.1 Å². The molecule has 1 N–H and O–H groups in total. The second kappa shape index (κ2) is 4.02. The summed E-state index contributed by atoms with van der Waals surface area (Å²) in [5, 5.41) is 16.6. The maximum absolute atomic E-state index is 10.9. The van der Waals surface area contributed by atoms with E-state index in [1.807, 2.05) is 0 Å². The Kier molecular flexibility index (Phi) is 2.34. The van der Waals surface area contributed by atoms with Gasteiger partial charge < -0.3 is 5.11 Å². The average molecular weight is 257 g/mol. The standard InChI is InChI=1S/C11H7N5O3/c17-6-8-5-15-9(1-2-12-15)10(14-8)7-3-13-16(4-7)11(18)19/h1-6H,(H,18,19). The molecule has 3 heterocycles. The van der Waals surface area contributed by atoms with Crippen molar-refractivity contribution in [3.63, 3.8) is 0 Å². The van der Waals surface area contributed by atoms with E-state index in [0.29, 0.717) is 23.1 Å². The Labute approximate surface area is 105 Å². The fraction of sp³-hybridized carbons (Fsp3) is 0. The lowest BCUT2D eigenvalue weighted by atomic mass is 10.2. The molecular formula is C11H7N5O3. The second-order valence-electron chi connectivity index (χ2n) is 3.75. The number of hydrogen-bond acceptors (Lipinski definition) is 5. The van der Waals surface area contributed by atoms with Gasteiger partial charge >= 0.3 is 6.09 Å². The molecule has 0 spiro atoms. The quantitative estimate of drug-likeness (QED) is 0.685. The van der Waals surface area contributed by atoms with E-state index in [1.54, 1.807) is 12.3 Å². The molecule has 0 aliphatic carbocycles. The molecule has 0 unspecified atom stereocenters. The van der Waals surface area contributed by atoms with Gasteiger partial charge in [0.1, 0.15) is 11.4 Å². The summed E-state index contributed by atoms with van der Waals surface area (Å²) < 4.78 is 2.28. The molecule has 0 aliphatic rings. The highest BCUT2D eigenvalue weighted by Crippen LogP contribution is 2.21. The highest BCUT2D eigenvalue weighted by Gasteiger charge is 2.12. The maximum atomic E-state index is 10.9. The van der Waals surface area contributed by atoms with Crippen molar-refractivity contribution in [2.24, 2.45) is 0 Å². The van der Waals surface area contributed by atoms with Crippen molar-refractivity contribution >= 4 is 17.9 Å². The van der Waals surface area contributed by atoms with Gasteiger partial charge in [-0.3, -0.25) is 4.79 Å². The molecule has 0 bridgehead atoms. The van der Waals surface area contributed by atoms with Crippen LogP contribution in [0.15, 0.2) is 30.9 Å². The van der Waals surface area contributed by atoms with Crippen LogP contribution in [0.25, 0.3) is 16.8 Å². The molecule has 19 heavy (non-hydrogen) atoms. The predicted octanol–water partition coefficient (Wildman–Crippen LogP) is 0.931. The van der Waals surface area contributed by atoms with Crippen LogP contribution in [0.3, 0.4) is 0 Å². The molecule has 0 fully saturated rings. The van der Waals surface area contributed by atoms with Gasteiger partial charge in [-0.15, -0.1) is 0 Å². The minimum Gasteiger partial charge on any atom is -0.463 e. The molecule has 0 aromatic carbocycles. The predicted molar refractivity (Wildman–Crippen MR) is 63.0 cm³/mol. The molecule has 8 heteroatoms. The van der Waals surface area contributed by atoms with Crippen LogP contribution in [-0.4, -0.2) is 41.9 Å². The van der Waals surface area contributed by atoms with Gasteiger partial charge in [0.15, 0.2) is 6.29 Å². The lowest BCUT2D eigenvalue weighted by Crippen LogP contribution is -2.07. The third-order valence-corrected chi connectivity index (χ3v) is 2.58. The summed E-state index contributed by atoms with van der Waals surface area (Å²) in [5.41, 5.74) is 1.82. The van der Waals surface area contributed by atoms with Crippen molar-refractivity contribution in [3.05, 3.63) is 36.5 Å². The van der Waals surface area contributed by atoms with Crippen molar-refractivity contribution in [2.45, 2.75) is 0 Å². The summed E-state index contributed by atoms with van der Waals surface area (Å²) in [6, 6.07) is 1.72. The van der Waals surface area contributed by atoms with Crippen LogP contribution < -0.4 is 0 Å². The first-order valence-corrected chi connectivity index (χ1v) is 5.27. The molecule has 0 atom stereocenters. The molecule has 0 amide bonds. The van der Waals surface area contributed by atoms with Crippen LogP contribution >= 0.6 is 0 Å². The summed E-state index contributed by atoms with van der Waals surface area (Å²) in [6.45, 7) is 0. The third-order valence-electron chi connectivity index (χ3n) is 2.58. The zero-order valence-electron chi connectivity index (χ0n) is 9.46. The molecule has 0 aliphatic heterocycles. The van der Waals surface area contributed by atoms with E-state index in [4.69, 9.17) is 5.11 Å². The van der Waals surface area contributed by atoms with Crippen LogP contribution in [0.4, 0.5) is 4.79 Å². The number of hydrogen-bond donors (Lipinski definition) is 1. The summed E-state index contributed by atoms with van der Waals surface area (Å²) in [4.78, 5) is 25.8. The monoisotopic (exact) mass is 257 g/mol. The summed E-state index contributed by atoms with van der Waals surface area (Å²) in [6.07, 6.45) is 5.17. The maximum Gasteiger partial charge on any atom is 0.432 e. The largest absolute Gasteiger partial charge is 0.463 e. The lowest BCUT2D eigenvalue weighted by molar-refractivity contribution is 0.111. The first kappa shape index (κ1) is 11.1. The summed E-state index contributed by atoms with van der Waals surface area (Å²) in [5.74, 6) is 0. The van der Waals surface area contributed by atoms with Crippen molar-refractivity contribution in [3.8, 4) is 11.3 Å². The normalized spacial score (nSPS) is 10.7. The third kappa shape index (κ3) is 1.75. The van der Waals surface area contributed by atoms with E-state index in [2.05, 4.69) is 15.2 Å². The molecular weight excluding hydrogens is 250 g/mol. The van der Waals surface area contributed by atoms with Crippen LogP contribution in [0.5, 0.6) is 0 Å². The molecule has 0 saturated carbocycles. The van der Waals surface area contributed by atoms with Gasteiger partial charge in [0, 0.05) is 11.8 Å². The number of carbonyl (C=O) groups is 2. The van der Waals surface area contributed by atoms with Gasteiger partial charge in [0.2, 0.25) is 0 Å². The topological polar surface area (TPSA) is 102 Å². The van der Waals surface area contributed by atoms with Gasteiger partial charge in [-0.1, -0.05) is 0 Å². The molecule has 8 nitrogen and oxygen atoms in total. The van der Waals surface area contributed by atoms with Gasteiger partial charge in [-0.2, -0.15) is 14.9 Å². The Hall–Kier alpha value is -3.03. The first-order valence-electron chi connectivity index (χ1n) is 5.27. The number of rotatable bonds is 2. The lowest BCUT2D eigenvalue weighted by Gasteiger charge is -2.01. The molecule has 94 valence electrons. The van der Waals surface area contributed by atoms with E-state index in [-0.39, 0.29) is 5.69 Å². The fourth-order valence-electron chi connectivity index (χ4n) is 1.76. The van der Waals surface area contributed by atoms with Crippen molar-refractivity contribution < 1.29 is 14.7 Å². The summed E-state index contributed by atoms with van der Waals surface area (Å²) >= 11 is 0. The highest BCUT2D eigenvalue weighted by atomic mass is 16.4. The fourth-order valence-corrected chi connectivity index (χ4v) is 1.76. The summed E-state index contributed by atoms with van der Waals surface area (Å²) in [7, 11) is 0. The van der Waals surface area contributed by atoms with Crippen molar-refractivity contribution in [1.82, 2.24) is 24.4 Å². The Bertz CT molecular complexity index is 789. The molecule has 0 saturated heterocycles. The van der Waals surface area contributed by atoms with E-state index in [0.717, 1.165) is 4.68 Å². The number of carbonyl (C=O) groups excluding carboxylic acids is 1. The van der Waals surface area contributed by atoms with Crippen molar-refractivity contribution in [1.29, 1.82) is 0 Å². The number of nitrogens with zero attached hydrogens (tertiary/aromatic N) is 5. The number of aldehydes is 1. The minimum atomic E-state index is -1.19. The Morgan fingerprint density at radius 3 is 2.84 bits per heavy atom. The van der Waals surface area contributed by atoms with Crippen LogP contribution in [0.1, 0.15) is 10.5 Å². The smallest absolute Gasteiger partial charge is 0.432 e. The molecule has 3 rings (SSSR count). The Morgan fingerprint density at radius 1 is 1.32 bits per heavy atom. The number of fused-ring (bicyclic) bond motifs is 1. The highest BCUT2D eigenvalue weighted by molar-refractivity contribution is 5.81. The minimum absolute atomic E-state index is 0.203. The Balaban J connectivity index is 2.24. The van der Waals surface area contributed by atoms with E-state index < -0.39 is 6.09 Å². The Morgan fingerprint density at radius 2 is 2.16 bits per heavy atom. The van der Waals surface area contributed by atoms with Crippen LogP contribution in [0.2, 0.25) is 0 Å². The SMILES string of the molecule is O=Cc1cn2nccc2c(-c2cnn(C(=O)O)c2)n1. The second-order valence-corrected chi connectivity index (χ2v) is 3.75. The number of carboxylic acid groups (broad SMARTS) is 1. The van der Waals surface area contributed by atoms with E-state index >= 15 is 0 Å². The van der Waals surface area contributed by atoms with Gasteiger partial charge in [0.25, 0.3) is 0 Å². The van der Waals surface area contributed by atoms with Gasteiger partial charge in [-0.25, -0.2) is 14.3 Å². The first-order chi connectivity index (χ1) is 9.19. The van der Waals surface area contributed by atoms with E-state index in [1.165, 1.54) is 23.1 Å². The van der Waals surface area contributed by atoms with Crippen LogP contribution in [0, 0.1) is 0 Å². The molecule has 0 radical (unpaired) electrons. The van der Waals surface area contributed by atoms with Gasteiger partial charge in [-0.05, 0) is 6.07 Å².